The molecule has 2 N–H and O–H groups in total. The Kier molecular flexibility index (Phi) is 2.44. The van der Waals surface area contributed by atoms with Crippen molar-refractivity contribution in [2.45, 2.75) is 31.7 Å². The Hall–Kier alpha value is -1.34. The van der Waals surface area contributed by atoms with E-state index in [2.05, 4.69) is 49.4 Å². The Labute approximate surface area is 103 Å². The van der Waals surface area contributed by atoms with Crippen LogP contribution >= 0.6 is 0 Å². The SMILES string of the molecule is CC1CCC(N)(c2ccc3ccccc3c2)C1. The minimum atomic E-state index is -0.0938. The van der Waals surface area contributed by atoms with Crippen LogP contribution < -0.4 is 5.73 Å². The third kappa shape index (κ3) is 1.85. The van der Waals surface area contributed by atoms with Crippen LogP contribution in [0.3, 0.4) is 0 Å². The lowest BCUT2D eigenvalue weighted by molar-refractivity contribution is 0.441. The third-order valence-corrected chi connectivity index (χ3v) is 4.12. The Balaban J connectivity index is 2.06. The maximum absolute atomic E-state index is 6.56. The number of hydrogen-bond donors (Lipinski definition) is 1. The summed E-state index contributed by atoms with van der Waals surface area (Å²) in [5.41, 5.74) is 7.77. The van der Waals surface area contributed by atoms with Crippen LogP contribution in [0.25, 0.3) is 10.8 Å². The van der Waals surface area contributed by atoms with Crippen molar-refractivity contribution in [3.8, 4) is 0 Å². The molecule has 1 aliphatic rings. The Morgan fingerprint density at radius 3 is 2.59 bits per heavy atom. The van der Waals surface area contributed by atoms with Gasteiger partial charge in [-0.2, -0.15) is 0 Å². The molecule has 2 aromatic carbocycles. The van der Waals surface area contributed by atoms with Crippen molar-refractivity contribution < 1.29 is 0 Å². The number of rotatable bonds is 1. The maximum atomic E-state index is 6.56. The molecule has 0 aromatic heterocycles. The topological polar surface area (TPSA) is 26.0 Å². The minimum Gasteiger partial charge on any atom is -0.321 e. The highest BCUT2D eigenvalue weighted by Crippen LogP contribution is 2.40. The van der Waals surface area contributed by atoms with E-state index >= 15 is 0 Å². The van der Waals surface area contributed by atoms with Crippen LogP contribution in [0.15, 0.2) is 42.5 Å². The summed E-state index contributed by atoms with van der Waals surface area (Å²) in [6, 6.07) is 15.2. The second-order valence-corrected chi connectivity index (χ2v) is 5.57. The van der Waals surface area contributed by atoms with Gasteiger partial charge in [0.25, 0.3) is 0 Å². The predicted octanol–water partition coefficient (Wildman–Crippen LogP) is 3.81. The maximum Gasteiger partial charge on any atom is 0.0412 e. The fourth-order valence-corrected chi connectivity index (χ4v) is 3.09. The first-order valence-electron chi connectivity index (χ1n) is 6.46. The van der Waals surface area contributed by atoms with Crippen molar-refractivity contribution in [1.29, 1.82) is 0 Å². The van der Waals surface area contributed by atoms with Gasteiger partial charge in [0.15, 0.2) is 0 Å². The summed E-state index contributed by atoms with van der Waals surface area (Å²) in [5, 5.41) is 2.60. The van der Waals surface area contributed by atoms with Gasteiger partial charge in [0.2, 0.25) is 0 Å². The summed E-state index contributed by atoms with van der Waals surface area (Å²) >= 11 is 0. The van der Waals surface area contributed by atoms with E-state index in [4.69, 9.17) is 5.73 Å². The van der Waals surface area contributed by atoms with Crippen molar-refractivity contribution in [2.75, 3.05) is 0 Å². The average Bonchev–Trinajstić information content (AvgIpc) is 2.70. The molecule has 0 aliphatic heterocycles. The predicted molar refractivity (Wildman–Crippen MR) is 72.8 cm³/mol. The van der Waals surface area contributed by atoms with E-state index in [-0.39, 0.29) is 5.54 Å². The standard InChI is InChI=1S/C16H19N/c1-12-8-9-16(17,11-12)15-7-6-13-4-2-3-5-14(13)10-15/h2-7,10,12H,8-9,11,17H2,1H3. The summed E-state index contributed by atoms with van der Waals surface area (Å²) in [6.07, 6.45) is 3.49. The van der Waals surface area contributed by atoms with Crippen LogP contribution in [-0.2, 0) is 5.54 Å². The van der Waals surface area contributed by atoms with Gasteiger partial charge in [-0.15, -0.1) is 0 Å². The van der Waals surface area contributed by atoms with Crippen LogP contribution in [-0.4, -0.2) is 0 Å². The second-order valence-electron chi connectivity index (χ2n) is 5.57. The fraction of sp³-hybridized carbons (Fsp3) is 0.375. The van der Waals surface area contributed by atoms with Gasteiger partial charge in [-0.05, 0) is 47.6 Å². The monoisotopic (exact) mass is 225 g/mol. The van der Waals surface area contributed by atoms with Gasteiger partial charge in [0, 0.05) is 5.54 Å². The van der Waals surface area contributed by atoms with Gasteiger partial charge in [-0.1, -0.05) is 43.3 Å². The molecule has 2 atom stereocenters. The van der Waals surface area contributed by atoms with Crippen molar-refractivity contribution >= 4 is 10.8 Å². The Morgan fingerprint density at radius 1 is 1.12 bits per heavy atom. The van der Waals surface area contributed by atoms with E-state index in [9.17, 15) is 0 Å². The molecule has 1 aliphatic carbocycles. The highest BCUT2D eigenvalue weighted by molar-refractivity contribution is 5.83. The summed E-state index contributed by atoms with van der Waals surface area (Å²) < 4.78 is 0. The van der Waals surface area contributed by atoms with E-state index in [1.165, 1.54) is 22.8 Å². The second kappa shape index (κ2) is 3.85. The molecule has 2 unspecified atom stereocenters. The van der Waals surface area contributed by atoms with Crippen LogP contribution in [0.1, 0.15) is 31.7 Å². The van der Waals surface area contributed by atoms with Crippen molar-refractivity contribution in [1.82, 2.24) is 0 Å². The van der Waals surface area contributed by atoms with E-state index in [0.29, 0.717) is 0 Å². The van der Waals surface area contributed by atoms with Gasteiger partial charge in [-0.25, -0.2) is 0 Å². The first kappa shape index (κ1) is 10.8. The van der Waals surface area contributed by atoms with Gasteiger partial charge in [0.05, 0.1) is 0 Å². The largest absolute Gasteiger partial charge is 0.321 e. The van der Waals surface area contributed by atoms with E-state index in [1.54, 1.807) is 0 Å². The van der Waals surface area contributed by atoms with Gasteiger partial charge in [-0.3, -0.25) is 0 Å². The van der Waals surface area contributed by atoms with Gasteiger partial charge in [0.1, 0.15) is 0 Å². The molecule has 0 spiro atoms. The Morgan fingerprint density at radius 2 is 1.88 bits per heavy atom. The molecule has 1 heteroatoms. The van der Waals surface area contributed by atoms with Gasteiger partial charge >= 0.3 is 0 Å². The molecule has 0 saturated heterocycles. The van der Waals surface area contributed by atoms with E-state index < -0.39 is 0 Å². The van der Waals surface area contributed by atoms with Crippen LogP contribution in [0.2, 0.25) is 0 Å². The summed E-state index contributed by atoms with van der Waals surface area (Å²) in [7, 11) is 0. The average molecular weight is 225 g/mol. The molecule has 0 bridgehead atoms. The van der Waals surface area contributed by atoms with Gasteiger partial charge < -0.3 is 5.73 Å². The quantitative estimate of drug-likeness (QED) is 0.784. The highest BCUT2D eigenvalue weighted by Gasteiger charge is 2.35. The van der Waals surface area contributed by atoms with Crippen molar-refractivity contribution in [3.63, 3.8) is 0 Å². The molecular weight excluding hydrogens is 206 g/mol. The smallest absolute Gasteiger partial charge is 0.0412 e. The van der Waals surface area contributed by atoms with E-state index in [0.717, 1.165) is 18.8 Å². The summed E-state index contributed by atoms with van der Waals surface area (Å²) in [4.78, 5) is 0. The Bertz CT molecular complexity index is 546. The lowest BCUT2D eigenvalue weighted by Crippen LogP contribution is -2.33. The molecule has 88 valence electrons. The zero-order chi connectivity index (χ0) is 11.9. The molecule has 3 rings (SSSR count). The molecule has 0 radical (unpaired) electrons. The van der Waals surface area contributed by atoms with Crippen molar-refractivity contribution in [3.05, 3.63) is 48.0 Å². The lowest BCUT2D eigenvalue weighted by atomic mass is 9.87. The zero-order valence-electron chi connectivity index (χ0n) is 10.3. The van der Waals surface area contributed by atoms with E-state index in [1.807, 2.05) is 0 Å². The molecule has 2 aromatic rings. The molecule has 17 heavy (non-hydrogen) atoms. The van der Waals surface area contributed by atoms with Crippen LogP contribution in [0, 0.1) is 5.92 Å². The molecule has 1 saturated carbocycles. The number of nitrogens with two attached hydrogens (primary N) is 1. The third-order valence-electron chi connectivity index (χ3n) is 4.12. The fourth-order valence-electron chi connectivity index (χ4n) is 3.09. The first-order chi connectivity index (χ1) is 8.17. The number of fused-ring (bicyclic) bond motifs is 1. The number of hydrogen-bond acceptors (Lipinski definition) is 1. The first-order valence-corrected chi connectivity index (χ1v) is 6.46. The van der Waals surface area contributed by atoms with Crippen LogP contribution in [0.4, 0.5) is 0 Å². The highest BCUT2D eigenvalue weighted by atomic mass is 14.8. The molecular formula is C16H19N. The number of benzene rings is 2. The normalized spacial score (nSPS) is 28.7. The van der Waals surface area contributed by atoms with Crippen LogP contribution in [0.5, 0.6) is 0 Å². The molecule has 1 fully saturated rings. The molecule has 0 heterocycles. The zero-order valence-corrected chi connectivity index (χ0v) is 10.3. The van der Waals surface area contributed by atoms with Crippen molar-refractivity contribution in [2.24, 2.45) is 11.7 Å². The summed E-state index contributed by atoms with van der Waals surface area (Å²) in [6.45, 7) is 2.30. The molecule has 0 amide bonds. The lowest BCUT2D eigenvalue weighted by Gasteiger charge is -2.25. The summed E-state index contributed by atoms with van der Waals surface area (Å²) in [5.74, 6) is 0.756. The minimum absolute atomic E-state index is 0.0938. The molecule has 1 nitrogen and oxygen atoms in total.